The molecule has 0 saturated carbocycles. The summed E-state index contributed by atoms with van der Waals surface area (Å²) in [6.45, 7) is 4.88. The van der Waals surface area contributed by atoms with E-state index in [1.54, 1.807) is 18.2 Å². The summed E-state index contributed by atoms with van der Waals surface area (Å²) in [6.07, 6.45) is 0.169. The van der Waals surface area contributed by atoms with Gasteiger partial charge in [-0.25, -0.2) is 0 Å². The van der Waals surface area contributed by atoms with Gasteiger partial charge in [-0.3, -0.25) is 4.79 Å². The summed E-state index contributed by atoms with van der Waals surface area (Å²) in [7, 11) is 0. The minimum atomic E-state index is -0.184. The molecule has 0 aromatic heterocycles. The quantitative estimate of drug-likeness (QED) is 0.647. The second-order valence-corrected chi connectivity index (χ2v) is 4.82. The molecule has 5 heteroatoms. The summed E-state index contributed by atoms with van der Waals surface area (Å²) in [5.74, 6) is -0.184. The second kappa shape index (κ2) is 6.61. The molecule has 94 valence electrons. The van der Waals surface area contributed by atoms with Crippen molar-refractivity contribution >= 4 is 27.5 Å². The number of carbonyl (C=O) groups is 1. The Labute approximate surface area is 110 Å². The highest BCUT2D eigenvalue weighted by atomic mass is 79.9. The number of halogens is 1. The second-order valence-electron chi connectivity index (χ2n) is 3.91. The number of hydrogen-bond donors (Lipinski definition) is 2. The highest BCUT2D eigenvalue weighted by Gasteiger charge is 2.09. The Morgan fingerprint density at radius 1 is 1.53 bits per heavy atom. The van der Waals surface area contributed by atoms with Gasteiger partial charge in [0, 0.05) is 16.7 Å². The lowest BCUT2D eigenvalue weighted by atomic mass is 10.1. The van der Waals surface area contributed by atoms with Crippen LogP contribution in [0.15, 0.2) is 22.7 Å². The van der Waals surface area contributed by atoms with Crippen LogP contribution in [0.1, 0.15) is 24.2 Å². The van der Waals surface area contributed by atoms with E-state index in [4.69, 9.17) is 10.5 Å². The van der Waals surface area contributed by atoms with E-state index < -0.39 is 0 Å². The minimum Gasteiger partial charge on any atom is -0.398 e. The zero-order valence-electron chi connectivity index (χ0n) is 10.00. The molecule has 1 aromatic carbocycles. The van der Waals surface area contributed by atoms with Crippen LogP contribution < -0.4 is 11.1 Å². The number of hydrogen-bond acceptors (Lipinski definition) is 3. The van der Waals surface area contributed by atoms with E-state index in [1.807, 2.05) is 13.8 Å². The molecular formula is C12H17BrN2O2. The number of amides is 1. The summed E-state index contributed by atoms with van der Waals surface area (Å²) in [5.41, 5.74) is 6.67. The van der Waals surface area contributed by atoms with Crippen molar-refractivity contribution in [3.8, 4) is 0 Å². The van der Waals surface area contributed by atoms with Gasteiger partial charge >= 0.3 is 0 Å². The molecule has 0 bridgehead atoms. The van der Waals surface area contributed by atoms with Crippen LogP contribution in [0.5, 0.6) is 0 Å². The first-order valence-corrected chi connectivity index (χ1v) is 6.25. The zero-order valence-corrected chi connectivity index (χ0v) is 11.6. The van der Waals surface area contributed by atoms with Gasteiger partial charge in [0.15, 0.2) is 0 Å². The molecule has 0 spiro atoms. The molecule has 0 radical (unpaired) electrons. The number of nitrogens with one attached hydrogen (secondary N) is 1. The summed E-state index contributed by atoms with van der Waals surface area (Å²) < 4.78 is 6.16. The van der Waals surface area contributed by atoms with Crippen molar-refractivity contribution in [2.75, 3.05) is 18.9 Å². The van der Waals surface area contributed by atoms with Crippen molar-refractivity contribution in [3.63, 3.8) is 0 Å². The minimum absolute atomic E-state index is 0.169. The average molecular weight is 301 g/mol. The first-order valence-electron chi connectivity index (χ1n) is 5.45. The predicted octanol–water partition coefficient (Wildman–Crippen LogP) is 2.19. The van der Waals surface area contributed by atoms with Gasteiger partial charge in [0.05, 0.1) is 18.3 Å². The third-order valence-corrected chi connectivity index (χ3v) is 2.59. The van der Waals surface area contributed by atoms with E-state index in [0.717, 1.165) is 4.47 Å². The topological polar surface area (TPSA) is 64.3 Å². The summed E-state index contributed by atoms with van der Waals surface area (Å²) >= 11 is 3.31. The first-order chi connectivity index (χ1) is 8.00. The molecular weight excluding hydrogens is 284 g/mol. The number of nitrogen functional groups attached to an aromatic ring is 1. The normalized spacial score (nSPS) is 10.6. The van der Waals surface area contributed by atoms with E-state index in [1.165, 1.54) is 0 Å². The van der Waals surface area contributed by atoms with Crippen LogP contribution in [-0.4, -0.2) is 25.2 Å². The summed E-state index contributed by atoms with van der Waals surface area (Å²) in [6, 6.07) is 5.20. The molecule has 1 amide bonds. The maximum Gasteiger partial charge on any atom is 0.253 e. The van der Waals surface area contributed by atoms with Gasteiger partial charge in [0.25, 0.3) is 5.91 Å². The molecule has 0 unspecified atom stereocenters. The van der Waals surface area contributed by atoms with E-state index in [-0.39, 0.29) is 12.0 Å². The molecule has 0 atom stereocenters. The molecule has 0 saturated heterocycles. The number of benzene rings is 1. The van der Waals surface area contributed by atoms with Crippen LogP contribution in [0.3, 0.4) is 0 Å². The molecule has 0 aliphatic rings. The molecule has 1 aromatic rings. The Hall–Kier alpha value is -1.07. The average Bonchev–Trinajstić information content (AvgIpc) is 2.27. The van der Waals surface area contributed by atoms with E-state index >= 15 is 0 Å². The van der Waals surface area contributed by atoms with Crippen LogP contribution in [-0.2, 0) is 4.74 Å². The lowest BCUT2D eigenvalue weighted by molar-refractivity contribution is 0.0747. The number of nitrogens with two attached hydrogens (primary N) is 1. The maximum absolute atomic E-state index is 11.8. The van der Waals surface area contributed by atoms with Gasteiger partial charge in [-0.2, -0.15) is 0 Å². The Morgan fingerprint density at radius 2 is 2.24 bits per heavy atom. The van der Waals surface area contributed by atoms with Crippen LogP contribution in [0.4, 0.5) is 5.69 Å². The Bertz CT molecular complexity index is 394. The smallest absolute Gasteiger partial charge is 0.253 e. The lowest BCUT2D eigenvalue weighted by Gasteiger charge is -2.10. The predicted molar refractivity (Wildman–Crippen MR) is 72.0 cm³/mol. The molecule has 1 rings (SSSR count). The standard InChI is InChI=1S/C12H17BrN2O2/c1-8(2)17-6-5-15-12(16)10-7-9(13)3-4-11(10)14/h3-4,7-8H,5-6,14H2,1-2H3,(H,15,16). The summed E-state index contributed by atoms with van der Waals surface area (Å²) in [4.78, 5) is 11.8. The van der Waals surface area contributed by atoms with Crippen molar-refractivity contribution in [2.24, 2.45) is 0 Å². The van der Waals surface area contributed by atoms with E-state index in [0.29, 0.717) is 24.4 Å². The fourth-order valence-corrected chi connectivity index (χ4v) is 1.64. The van der Waals surface area contributed by atoms with Crippen molar-refractivity contribution in [1.82, 2.24) is 5.32 Å². The summed E-state index contributed by atoms with van der Waals surface area (Å²) in [5, 5.41) is 2.76. The fourth-order valence-electron chi connectivity index (χ4n) is 1.28. The molecule has 0 aliphatic heterocycles. The first kappa shape index (κ1) is 14.0. The van der Waals surface area contributed by atoms with Gasteiger partial charge in [0.1, 0.15) is 0 Å². The molecule has 4 nitrogen and oxygen atoms in total. The Balaban J connectivity index is 2.49. The number of anilines is 1. The van der Waals surface area contributed by atoms with Gasteiger partial charge in [0.2, 0.25) is 0 Å². The molecule has 0 fully saturated rings. The molecule has 0 aliphatic carbocycles. The van der Waals surface area contributed by atoms with Crippen LogP contribution >= 0.6 is 15.9 Å². The monoisotopic (exact) mass is 300 g/mol. The number of carbonyl (C=O) groups excluding carboxylic acids is 1. The van der Waals surface area contributed by atoms with E-state index in [9.17, 15) is 4.79 Å². The number of rotatable bonds is 5. The number of ether oxygens (including phenoxy) is 1. The van der Waals surface area contributed by atoms with Gasteiger partial charge < -0.3 is 15.8 Å². The van der Waals surface area contributed by atoms with Crippen LogP contribution in [0.25, 0.3) is 0 Å². The largest absolute Gasteiger partial charge is 0.398 e. The van der Waals surface area contributed by atoms with Crippen molar-refractivity contribution in [1.29, 1.82) is 0 Å². The Morgan fingerprint density at radius 3 is 2.88 bits per heavy atom. The highest BCUT2D eigenvalue weighted by molar-refractivity contribution is 9.10. The SMILES string of the molecule is CC(C)OCCNC(=O)c1cc(Br)ccc1N. The Kier molecular flexibility index (Phi) is 5.44. The van der Waals surface area contributed by atoms with Crippen molar-refractivity contribution in [3.05, 3.63) is 28.2 Å². The van der Waals surface area contributed by atoms with Crippen LogP contribution in [0, 0.1) is 0 Å². The third-order valence-electron chi connectivity index (χ3n) is 2.10. The maximum atomic E-state index is 11.8. The van der Waals surface area contributed by atoms with Gasteiger partial charge in [-0.05, 0) is 32.0 Å². The van der Waals surface area contributed by atoms with Gasteiger partial charge in [-0.15, -0.1) is 0 Å². The molecule has 0 heterocycles. The van der Waals surface area contributed by atoms with Crippen molar-refractivity contribution in [2.45, 2.75) is 20.0 Å². The lowest BCUT2D eigenvalue weighted by Crippen LogP contribution is -2.28. The zero-order chi connectivity index (χ0) is 12.8. The van der Waals surface area contributed by atoms with Crippen molar-refractivity contribution < 1.29 is 9.53 Å². The fraction of sp³-hybridized carbons (Fsp3) is 0.417. The molecule has 17 heavy (non-hydrogen) atoms. The van der Waals surface area contributed by atoms with Crippen LogP contribution in [0.2, 0.25) is 0 Å². The van der Waals surface area contributed by atoms with E-state index in [2.05, 4.69) is 21.2 Å². The van der Waals surface area contributed by atoms with Gasteiger partial charge in [-0.1, -0.05) is 15.9 Å². The third kappa shape index (κ3) is 4.75. The highest BCUT2D eigenvalue weighted by Crippen LogP contribution is 2.18. The molecule has 3 N–H and O–H groups in total.